The molecule has 2 aromatic carbocycles. The van der Waals surface area contributed by atoms with Crippen LogP contribution in [-0.2, 0) is 11.2 Å². The second-order valence-corrected chi connectivity index (χ2v) is 8.73. The number of nitro benzene ring substituents is 1. The third-order valence-corrected chi connectivity index (χ3v) is 7.05. The van der Waals surface area contributed by atoms with E-state index in [2.05, 4.69) is 23.1 Å². The number of anilines is 1. The number of rotatable bonds is 4. The number of amides is 1. The molecule has 1 aromatic heterocycles. The van der Waals surface area contributed by atoms with Crippen molar-refractivity contribution in [3.05, 3.63) is 81.6 Å². The highest BCUT2D eigenvalue weighted by Crippen LogP contribution is 2.51. The molecule has 0 saturated carbocycles. The molecule has 1 amide bonds. The van der Waals surface area contributed by atoms with E-state index in [1.54, 1.807) is 18.2 Å². The summed E-state index contributed by atoms with van der Waals surface area (Å²) in [6, 6.07) is 16.9. The van der Waals surface area contributed by atoms with E-state index in [1.807, 2.05) is 17.0 Å². The number of para-hydroxylation sites is 2. The number of hydrogen-bond acceptors (Lipinski definition) is 5. The van der Waals surface area contributed by atoms with E-state index in [4.69, 9.17) is 4.42 Å². The Morgan fingerprint density at radius 2 is 1.81 bits per heavy atom. The normalized spacial score (nSPS) is 21.8. The van der Waals surface area contributed by atoms with Gasteiger partial charge in [-0.3, -0.25) is 14.9 Å². The van der Waals surface area contributed by atoms with E-state index in [0.29, 0.717) is 17.7 Å². The van der Waals surface area contributed by atoms with Crippen molar-refractivity contribution in [1.29, 1.82) is 0 Å². The second-order valence-electron chi connectivity index (χ2n) is 8.73. The van der Waals surface area contributed by atoms with E-state index in [1.165, 1.54) is 22.9 Å². The number of likely N-dealkylation sites (tertiary alicyclic amines) is 1. The Labute approximate surface area is 185 Å². The van der Waals surface area contributed by atoms with Gasteiger partial charge in [0.25, 0.3) is 5.69 Å². The first-order chi connectivity index (χ1) is 15.6. The molecule has 4 heterocycles. The standard InChI is InChI=1S/C25H23N3O4/c29-24-9-4-13-26(24)20-15-21(27-14-12-16-5-3-7-18(20)25(16)27)23-11-10-22(32-23)17-6-1-2-8-19(17)28(30)31/h1-3,5-8,10-11,20-21H,4,9,12-15H2. The molecule has 0 aliphatic carbocycles. The van der Waals surface area contributed by atoms with Gasteiger partial charge in [0, 0.05) is 31.3 Å². The van der Waals surface area contributed by atoms with Crippen LogP contribution in [0.3, 0.4) is 0 Å². The fraction of sp³-hybridized carbons (Fsp3) is 0.320. The van der Waals surface area contributed by atoms with Crippen LogP contribution in [0.25, 0.3) is 11.3 Å². The lowest BCUT2D eigenvalue weighted by molar-refractivity contribution is -0.384. The molecule has 3 aliphatic heterocycles. The summed E-state index contributed by atoms with van der Waals surface area (Å²) in [4.78, 5) is 28.2. The third kappa shape index (κ3) is 2.84. The zero-order valence-electron chi connectivity index (χ0n) is 17.6. The largest absolute Gasteiger partial charge is 0.459 e. The van der Waals surface area contributed by atoms with Crippen molar-refractivity contribution in [1.82, 2.24) is 4.90 Å². The number of nitrogens with zero attached hydrogens (tertiary/aromatic N) is 3. The van der Waals surface area contributed by atoms with Crippen LogP contribution in [0, 0.1) is 10.1 Å². The fourth-order valence-electron chi connectivity index (χ4n) is 5.64. The summed E-state index contributed by atoms with van der Waals surface area (Å²) < 4.78 is 6.26. The highest BCUT2D eigenvalue weighted by Gasteiger charge is 2.43. The molecule has 32 heavy (non-hydrogen) atoms. The van der Waals surface area contributed by atoms with Gasteiger partial charge >= 0.3 is 0 Å². The summed E-state index contributed by atoms with van der Waals surface area (Å²) in [6.07, 6.45) is 3.24. The zero-order valence-corrected chi connectivity index (χ0v) is 17.6. The molecule has 162 valence electrons. The maximum absolute atomic E-state index is 12.6. The number of carbonyl (C=O) groups is 1. The van der Waals surface area contributed by atoms with Gasteiger partial charge in [0.15, 0.2) is 0 Å². The van der Waals surface area contributed by atoms with Crippen molar-refractivity contribution in [2.75, 3.05) is 18.0 Å². The minimum absolute atomic E-state index is 0.0129. The van der Waals surface area contributed by atoms with E-state index < -0.39 is 0 Å². The number of benzene rings is 2. The molecule has 7 heteroatoms. The molecule has 1 fully saturated rings. The van der Waals surface area contributed by atoms with Crippen molar-refractivity contribution >= 4 is 17.3 Å². The van der Waals surface area contributed by atoms with Gasteiger partial charge in [-0.25, -0.2) is 0 Å². The smallest absolute Gasteiger partial charge is 0.280 e. The number of carbonyl (C=O) groups excluding carboxylic acids is 1. The minimum Gasteiger partial charge on any atom is -0.459 e. The molecule has 0 bridgehead atoms. The van der Waals surface area contributed by atoms with Crippen LogP contribution in [0.1, 0.15) is 48.2 Å². The topological polar surface area (TPSA) is 79.8 Å². The quantitative estimate of drug-likeness (QED) is 0.429. The van der Waals surface area contributed by atoms with Crippen LogP contribution in [0.5, 0.6) is 0 Å². The van der Waals surface area contributed by atoms with Gasteiger partial charge in [-0.15, -0.1) is 0 Å². The van der Waals surface area contributed by atoms with Gasteiger partial charge in [0.05, 0.1) is 22.6 Å². The van der Waals surface area contributed by atoms with Crippen molar-refractivity contribution in [2.24, 2.45) is 0 Å². The average Bonchev–Trinajstić information content (AvgIpc) is 3.55. The summed E-state index contributed by atoms with van der Waals surface area (Å²) in [6.45, 7) is 1.69. The molecule has 0 spiro atoms. The maximum Gasteiger partial charge on any atom is 0.280 e. The number of hydrogen-bond donors (Lipinski definition) is 0. The molecule has 7 nitrogen and oxygen atoms in total. The monoisotopic (exact) mass is 429 g/mol. The lowest BCUT2D eigenvalue weighted by Gasteiger charge is -2.42. The molecule has 1 saturated heterocycles. The molecule has 0 N–H and O–H groups in total. The van der Waals surface area contributed by atoms with Crippen LogP contribution in [0.2, 0.25) is 0 Å². The summed E-state index contributed by atoms with van der Waals surface area (Å²) >= 11 is 0. The first kappa shape index (κ1) is 19.1. The van der Waals surface area contributed by atoms with E-state index in [-0.39, 0.29) is 28.6 Å². The molecule has 0 radical (unpaired) electrons. The molecule has 2 unspecified atom stereocenters. The molecular formula is C25H23N3O4. The molecular weight excluding hydrogens is 406 g/mol. The van der Waals surface area contributed by atoms with Crippen LogP contribution in [-0.4, -0.2) is 28.8 Å². The highest BCUT2D eigenvalue weighted by atomic mass is 16.6. The fourth-order valence-corrected chi connectivity index (χ4v) is 5.64. The Hall–Kier alpha value is -3.61. The van der Waals surface area contributed by atoms with E-state index >= 15 is 0 Å². The molecule has 6 rings (SSSR count). The Morgan fingerprint density at radius 1 is 0.938 bits per heavy atom. The summed E-state index contributed by atoms with van der Waals surface area (Å²) in [5.74, 6) is 1.51. The van der Waals surface area contributed by atoms with Gasteiger partial charge in [0.1, 0.15) is 11.5 Å². The van der Waals surface area contributed by atoms with Crippen molar-refractivity contribution in [2.45, 2.75) is 37.8 Å². The average molecular weight is 429 g/mol. The molecule has 3 aliphatic rings. The maximum atomic E-state index is 12.6. The van der Waals surface area contributed by atoms with Crippen molar-refractivity contribution in [3.63, 3.8) is 0 Å². The summed E-state index contributed by atoms with van der Waals surface area (Å²) in [5.41, 5.74) is 4.29. The van der Waals surface area contributed by atoms with Gasteiger partial charge in [0.2, 0.25) is 5.91 Å². The first-order valence-corrected chi connectivity index (χ1v) is 11.1. The Balaban J connectivity index is 1.41. The Kier molecular flexibility index (Phi) is 4.31. The van der Waals surface area contributed by atoms with Crippen molar-refractivity contribution < 1.29 is 14.1 Å². The Bertz CT molecular complexity index is 1230. The first-order valence-electron chi connectivity index (χ1n) is 11.1. The minimum atomic E-state index is -0.379. The van der Waals surface area contributed by atoms with Crippen LogP contribution in [0.4, 0.5) is 11.4 Å². The van der Waals surface area contributed by atoms with Crippen LogP contribution < -0.4 is 4.90 Å². The number of nitro groups is 1. The van der Waals surface area contributed by atoms with Crippen LogP contribution in [0.15, 0.2) is 59.0 Å². The zero-order chi connectivity index (χ0) is 21.8. The second kappa shape index (κ2) is 7.22. The Morgan fingerprint density at radius 3 is 2.62 bits per heavy atom. The van der Waals surface area contributed by atoms with Gasteiger partial charge in [-0.1, -0.05) is 30.3 Å². The molecule has 2 atom stereocenters. The van der Waals surface area contributed by atoms with Gasteiger partial charge < -0.3 is 14.2 Å². The lowest BCUT2D eigenvalue weighted by Crippen LogP contribution is -2.39. The van der Waals surface area contributed by atoms with Crippen molar-refractivity contribution in [3.8, 4) is 11.3 Å². The lowest BCUT2D eigenvalue weighted by atomic mass is 9.89. The predicted octanol–water partition coefficient (Wildman–Crippen LogP) is 5.03. The van der Waals surface area contributed by atoms with E-state index in [9.17, 15) is 14.9 Å². The van der Waals surface area contributed by atoms with Gasteiger partial charge in [-0.2, -0.15) is 0 Å². The van der Waals surface area contributed by atoms with Gasteiger partial charge in [-0.05, 0) is 48.6 Å². The summed E-state index contributed by atoms with van der Waals surface area (Å²) in [7, 11) is 0. The number of furan rings is 1. The molecule has 3 aromatic rings. The highest BCUT2D eigenvalue weighted by molar-refractivity contribution is 5.80. The predicted molar refractivity (Wildman–Crippen MR) is 119 cm³/mol. The SMILES string of the molecule is O=C1CCCN1C1CC(c2ccc(-c3ccccc3[N+](=O)[O-])o2)N2CCc3cccc1c32. The summed E-state index contributed by atoms with van der Waals surface area (Å²) in [5, 5.41) is 11.5. The van der Waals surface area contributed by atoms with E-state index in [0.717, 1.165) is 38.1 Å². The third-order valence-electron chi connectivity index (χ3n) is 7.05. The van der Waals surface area contributed by atoms with Crippen LogP contribution >= 0.6 is 0 Å².